The highest BCUT2D eigenvalue weighted by molar-refractivity contribution is 5.89. The largest absolute Gasteiger partial charge is 0.396 e. The van der Waals surface area contributed by atoms with E-state index in [0.717, 1.165) is 25.0 Å². The first kappa shape index (κ1) is 11.2. The van der Waals surface area contributed by atoms with E-state index >= 15 is 0 Å². The summed E-state index contributed by atoms with van der Waals surface area (Å²) in [5, 5.41) is 4.32. The minimum Gasteiger partial charge on any atom is -0.396 e. The zero-order valence-corrected chi connectivity index (χ0v) is 9.84. The van der Waals surface area contributed by atoms with Crippen LogP contribution in [0.25, 0.3) is 0 Å². The van der Waals surface area contributed by atoms with E-state index < -0.39 is 0 Å². The van der Waals surface area contributed by atoms with Crippen LogP contribution in [0.1, 0.15) is 25.7 Å². The van der Waals surface area contributed by atoms with E-state index in [1.165, 1.54) is 44.5 Å². The van der Waals surface area contributed by atoms with Gasteiger partial charge < -0.3 is 4.84 Å². The molecule has 4 fully saturated rings. The molecular formula is C11H19ClN2O. The second kappa shape index (κ2) is 4.71. The minimum absolute atomic E-state index is 0. The highest BCUT2D eigenvalue weighted by Crippen LogP contribution is 2.29. The summed E-state index contributed by atoms with van der Waals surface area (Å²) in [5.74, 6) is 1.56. The van der Waals surface area contributed by atoms with Crippen LogP contribution in [-0.4, -0.2) is 36.9 Å². The molecule has 15 heavy (non-hydrogen) atoms. The monoisotopic (exact) mass is 230 g/mol. The number of fused-ring (bicyclic) bond motifs is 3. The number of halogens is 1. The second-order valence-electron chi connectivity index (χ2n) is 4.87. The van der Waals surface area contributed by atoms with Crippen molar-refractivity contribution in [2.75, 3.05) is 26.2 Å². The Kier molecular flexibility index (Phi) is 3.52. The Morgan fingerprint density at radius 3 is 2.47 bits per heavy atom. The number of hydrogen-bond donors (Lipinski definition) is 0. The summed E-state index contributed by atoms with van der Waals surface area (Å²) in [7, 11) is 0. The third-order valence-electron chi connectivity index (χ3n) is 3.63. The second-order valence-corrected chi connectivity index (χ2v) is 4.87. The molecular weight excluding hydrogens is 212 g/mol. The zero-order valence-electron chi connectivity index (χ0n) is 9.02. The van der Waals surface area contributed by atoms with Crippen LogP contribution in [0.3, 0.4) is 0 Å². The SMILES string of the molecule is C1CC1CON=C1CN2CCC1CC2.Cl. The Morgan fingerprint density at radius 2 is 1.93 bits per heavy atom. The number of oxime groups is 1. The maximum atomic E-state index is 5.41. The molecule has 0 atom stereocenters. The molecule has 4 rings (SSSR count). The van der Waals surface area contributed by atoms with Crippen molar-refractivity contribution >= 4 is 18.1 Å². The Bertz CT molecular complexity index is 245. The quantitative estimate of drug-likeness (QED) is 0.692. The molecule has 3 nitrogen and oxygen atoms in total. The molecule has 4 heteroatoms. The summed E-state index contributed by atoms with van der Waals surface area (Å²) >= 11 is 0. The Labute approximate surface area is 97.2 Å². The number of nitrogens with zero attached hydrogens (tertiary/aromatic N) is 2. The summed E-state index contributed by atoms with van der Waals surface area (Å²) in [4.78, 5) is 7.90. The first-order valence-electron chi connectivity index (χ1n) is 5.83. The van der Waals surface area contributed by atoms with E-state index in [0.29, 0.717) is 0 Å². The van der Waals surface area contributed by atoms with E-state index in [1.807, 2.05) is 0 Å². The molecule has 86 valence electrons. The molecule has 0 aromatic rings. The lowest BCUT2D eigenvalue weighted by molar-refractivity contribution is 0.121. The van der Waals surface area contributed by atoms with Crippen molar-refractivity contribution < 1.29 is 4.84 Å². The van der Waals surface area contributed by atoms with Gasteiger partial charge in [0.05, 0.1) is 5.71 Å². The molecule has 2 bridgehead atoms. The minimum atomic E-state index is 0. The van der Waals surface area contributed by atoms with Gasteiger partial charge in [0.1, 0.15) is 6.61 Å². The van der Waals surface area contributed by atoms with E-state index in [2.05, 4.69) is 10.1 Å². The van der Waals surface area contributed by atoms with E-state index in [1.54, 1.807) is 0 Å². The first-order valence-corrected chi connectivity index (χ1v) is 5.83. The van der Waals surface area contributed by atoms with Gasteiger partial charge in [-0.05, 0) is 44.7 Å². The first-order chi connectivity index (χ1) is 6.92. The lowest BCUT2D eigenvalue weighted by atomic mass is 9.87. The molecule has 0 aromatic carbocycles. The third-order valence-corrected chi connectivity index (χ3v) is 3.63. The van der Waals surface area contributed by atoms with Crippen molar-refractivity contribution in [2.24, 2.45) is 17.0 Å². The van der Waals surface area contributed by atoms with Gasteiger partial charge in [-0.25, -0.2) is 0 Å². The van der Waals surface area contributed by atoms with Crippen molar-refractivity contribution in [2.45, 2.75) is 25.7 Å². The predicted octanol–water partition coefficient (Wildman–Crippen LogP) is 1.92. The predicted molar refractivity (Wildman–Crippen MR) is 62.5 cm³/mol. The molecule has 3 heterocycles. The molecule has 0 radical (unpaired) electrons. The molecule has 1 aliphatic carbocycles. The van der Waals surface area contributed by atoms with Crippen LogP contribution in [0.2, 0.25) is 0 Å². The van der Waals surface area contributed by atoms with Crippen molar-refractivity contribution in [3.63, 3.8) is 0 Å². The van der Waals surface area contributed by atoms with Crippen LogP contribution in [0.15, 0.2) is 5.16 Å². The lowest BCUT2D eigenvalue weighted by Crippen LogP contribution is -2.47. The average Bonchev–Trinajstić information content (AvgIpc) is 3.04. The average molecular weight is 231 g/mol. The third kappa shape index (κ3) is 2.64. The van der Waals surface area contributed by atoms with Gasteiger partial charge in [-0.15, -0.1) is 12.4 Å². The fraction of sp³-hybridized carbons (Fsp3) is 0.909. The molecule has 3 aliphatic heterocycles. The fourth-order valence-electron chi connectivity index (χ4n) is 2.40. The lowest BCUT2D eigenvalue weighted by Gasteiger charge is -2.39. The Morgan fingerprint density at radius 1 is 1.20 bits per heavy atom. The molecule has 0 spiro atoms. The van der Waals surface area contributed by atoms with Gasteiger partial charge in [-0.3, -0.25) is 4.90 Å². The van der Waals surface area contributed by atoms with Crippen LogP contribution >= 0.6 is 12.4 Å². The van der Waals surface area contributed by atoms with Gasteiger partial charge in [-0.1, -0.05) is 5.16 Å². The zero-order chi connectivity index (χ0) is 9.38. The molecule has 3 saturated heterocycles. The van der Waals surface area contributed by atoms with Gasteiger partial charge in [0.25, 0.3) is 0 Å². The van der Waals surface area contributed by atoms with E-state index in [4.69, 9.17) is 4.84 Å². The normalized spacial score (nSPS) is 36.4. The van der Waals surface area contributed by atoms with Crippen molar-refractivity contribution in [3.8, 4) is 0 Å². The van der Waals surface area contributed by atoms with E-state index in [9.17, 15) is 0 Å². The van der Waals surface area contributed by atoms with Crippen molar-refractivity contribution in [3.05, 3.63) is 0 Å². The summed E-state index contributed by atoms with van der Waals surface area (Å²) in [6, 6.07) is 0. The summed E-state index contributed by atoms with van der Waals surface area (Å²) in [6.07, 6.45) is 5.29. The maximum absolute atomic E-state index is 5.41. The van der Waals surface area contributed by atoms with Crippen molar-refractivity contribution in [1.82, 2.24) is 4.90 Å². The van der Waals surface area contributed by atoms with Crippen LogP contribution in [-0.2, 0) is 4.84 Å². The Hall–Kier alpha value is -0.280. The molecule has 0 aromatic heterocycles. The van der Waals surface area contributed by atoms with Gasteiger partial charge in [0, 0.05) is 12.5 Å². The summed E-state index contributed by atoms with van der Waals surface area (Å²) in [5.41, 5.74) is 1.31. The summed E-state index contributed by atoms with van der Waals surface area (Å²) < 4.78 is 0. The highest BCUT2D eigenvalue weighted by atomic mass is 35.5. The fourth-order valence-corrected chi connectivity index (χ4v) is 2.40. The molecule has 0 unspecified atom stereocenters. The molecule has 1 saturated carbocycles. The van der Waals surface area contributed by atoms with Gasteiger partial charge in [0.2, 0.25) is 0 Å². The number of piperidine rings is 3. The molecule has 0 N–H and O–H groups in total. The Balaban J connectivity index is 0.000000853. The van der Waals surface area contributed by atoms with E-state index in [-0.39, 0.29) is 12.4 Å². The maximum Gasteiger partial charge on any atom is 0.120 e. The van der Waals surface area contributed by atoms with Gasteiger partial charge >= 0.3 is 0 Å². The highest BCUT2D eigenvalue weighted by Gasteiger charge is 2.31. The van der Waals surface area contributed by atoms with Crippen molar-refractivity contribution in [1.29, 1.82) is 0 Å². The standard InChI is InChI=1S/C11H18N2O.ClH/c1-2-9(1)8-14-12-11-7-13-5-3-10(11)4-6-13;/h9-10H,1-8H2;1H. The van der Waals surface area contributed by atoms with Crippen LogP contribution in [0.4, 0.5) is 0 Å². The molecule has 4 aliphatic rings. The van der Waals surface area contributed by atoms with Crippen LogP contribution < -0.4 is 0 Å². The molecule has 0 amide bonds. The smallest absolute Gasteiger partial charge is 0.120 e. The van der Waals surface area contributed by atoms with Gasteiger partial charge in [-0.2, -0.15) is 0 Å². The topological polar surface area (TPSA) is 24.8 Å². The summed E-state index contributed by atoms with van der Waals surface area (Å²) in [6.45, 7) is 4.46. The number of hydrogen-bond acceptors (Lipinski definition) is 3. The van der Waals surface area contributed by atoms with Gasteiger partial charge in [0.15, 0.2) is 0 Å². The van der Waals surface area contributed by atoms with Crippen LogP contribution in [0, 0.1) is 11.8 Å². The van der Waals surface area contributed by atoms with Crippen LogP contribution in [0.5, 0.6) is 0 Å². The number of rotatable bonds is 3.